The topological polar surface area (TPSA) is 130 Å². The molecule has 0 bridgehead atoms. The highest BCUT2D eigenvalue weighted by Gasteiger charge is 2.34. The number of phosphoric acid groups is 1. The van der Waals surface area contributed by atoms with Crippen LogP contribution in [0.15, 0.2) is 0 Å². The van der Waals surface area contributed by atoms with Crippen LogP contribution in [0.5, 0.6) is 0 Å². The van der Waals surface area contributed by atoms with E-state index in [0.29, 0.717) is 17.3 Å². The van der Waals surface area contributed by atoms with Crippen molar-refractivity contribution >= 4 is 19.9 Å². The summed E-state index contributed by atoms with van der Waals surface area (Å²) in [4.78, 5) is 32.5. The Labute approximate surface area is 161 Å². The number of aliphatic hydroxyl groups excluding tert-OH is 2. The van der Waals surface area contributed by atoms with Gasteiger partial charge in [0.2, 0.25) is 0 Å². The number of aliphatic hydroxyl groups is 2. The van der Waals surface area contributed by atoms with Crippen LogP contribution in [0.25, 0.3) is 0 Å². The number of aldehydes is 1. The third kappa shape index (κ3) is 15.0. The van der Waals surface area contributed by atoms with Gasteiger partial charge >= 0.3 is 7.82 Å². The largest absolute Gasteiger partial charge is 0.473 e. The molecule has 0 aliphatic carbocycles. The molecule has 0 spiro atoms. The van der Waals surface area contributed by atoms with Gasteiger partial charge in [0.05, 0.1) is 34.4 Å². The van der Waals surface area contributed by atoms with Crippen molar-refractivity contribution in [1.82, 2.24) is 0 Å². The molecule has 160 valence electrons. The minimum Gasteiger partial charge on any atom is -0.394 e. The van der Waals surface area contributed by atoms with Crippen LogP contribution in [0, 0.1) is 0 Å². The van der Waals surface area contributed by atoms with E-state index >= 15 is 0 Å². The van der Waals surface area contributed by atoms with Crippen LogP contribution in [0.4, 0.5) is 0 Å². The summed E-state index contributed by atoms with van der Waals surface area (Å²) in [6, 6.07) is 0. The average molecular weight is 412 g/mol. The highest BCUT2D eigenvalue weighted by molar-refractivity contribution is 7.47. The van der Waals surface area contributed by atoms with Gasteiger partial charge in [-0.25, -0.2) is 4.57 Å². The Morgan fingerprint density at radius 2 is 1.74 bits per heavy atom. The highest BCUT2D eigenvalue weighted by Crippen LogP contribution is 2.45. The summed E-state index contributed by atoms with van der Waals surface area (Å²) in [6.45, 7) is -1.00. The van der Waals surface area contributed by atoms with E-state index in [1.54, 1.807) is 0 Å². The van der Waals surface area contributed by atoms with Crippen molar-refractivity contribution in [3.05, 3.63) is 0 Å². The van der Waals surface area contributed by atoms with Gasteiger partial charge in [0, 0.05) is 12.8 Å². The minimum atomic E-state index is -4.55. The molecule has 27 heavy (non-hydrogen) atoms. The molecule has 0 saturated carbocycles. The van der Waals surface area contributed by atoms with E-state index in [1.165, 1.54) is 0 Å². The number of ketones is 1. The van der Waals surface area contributed by atoms with Crippen LogP contribution in [0.1, 0.15) is 44.9 Å². The monoisotopic (exact) mass is 412 g/mol. The van der Waals surface area contributed by atoms with Crippen molar-refractivity contribution in [2.45, 2.75) is 57.2 Å². The summed E-state index contributed by atoms with van der Waals surface area (Å²) >= 11 is 0. The molecule has 0 amide bonds. The maximum Gasteiger partial charge on any atom is 0.473 e. The molecule has 10 heteroatoms. The van der Waals surface area contributed by atoms with Gasteiger partial charge in [-0.2, -0.15) is 0 Å². The molecule has 0 aliphatic heterocycles. The molecular weight excluding hydrogens is 377 g/mol. The molecule has 0 rings (SSSR count). The Hall–Kier alpha value is -0.670. The fourth-order valence-electron chi connectivity index (χ4n) is 2.33. The van der Waals surface area contributed by atoms with Gasteiger partial charge in [-0.1, -0.05) is 19.3 Å². The maximum atomic E-state index is 12.5. The number of unbranched alkanes of at least 4 members (excludes halogenated alkanes) is 5. The lowest BCUT2D eigenvalue weighted by Crippen LogP contribution is -2.45. The molecule has 9 nitrogen and oxygen atoms in total. The molecule has 3 atom stereocenters. The first-order valence-corrected chi connectivity index (χ1v) is 10.7. The molecule has 0 aromatic carbocycles. The van der Waals surface area contributed by atoms with Gasteiger partial charge in [0.1, 0.15) is 18.9 Å². The third-order valence-electron chi connectivity index (χ3n) is 3.72. The summed E-state index contributed by atoms with van der Waals surface area (Å²) < 4.78 is 22.1. The van der Waals surface area contributed by atoms with E-state index < -0.39 is 33.2 Å². The molecule has 3 N–H and O–H groups in total. The molecule has 0 radical (unpaired) electrons. The van der Waals surface area contributed by atoms with E-state index in [9.17, 15) is 24.2 Å². The quantitative estimate of drug-likeness (QED) is 0.140. The molecule has 2 unspecified atom stereocenters. The van der Waals surface area contributed by atoms with Crippen LogP contribution < -0.4 is 0 Å². The lowest BCUT2D eigenvalue weighted by Gasteiger charge is -2.29. The van der Waals surface area contributed by atoms with Crippen LogP contribution in [-0.4, -0.2) is 84.8 Å². The Balaban J connectivity index is 4.58. The van der Waals surface area contributed by atoms with E-state index in [0.717, 1.165) is 32.0 Å². The van der Waals surface area contributed by atoms with Crippen LogP contribution >= 0.6 is 7.82 Å². The molecule has 0 aliphatic rings. The summed E-state index contributed by atoms with van der Waals surface area (Å²) in [7, 11) is 0.938. The summed E-state index contributed by atoms with van der Waals surface area (Å²) in [5.74, 6) is -0.281. The van der Waals surface area contributed by atoms with Gasteiger partial charge < -0.3 is 24.4 Å². The second-order valence-electron chi connectivity index (χ2n) is 7.61. The fraction of sp³-hybridized carbons (Fsp3) is 0.882. The number of hydrogen-bond acceptors (Lipinski definition) is 7. The number of Topliss-reactive ketones (excluding diaryl/α,β-unsaturated/α-hetero) is 1. The van der Waals surface area contributed by atoms with Crippen molar-refractivity contribution < 1.29 is 42.8 Å². The molecule has 0 aromatic rings. The number of rotatable bonds is 17. The molecule has 0 fully saturated rings. The molecule has 0 aromatic heterocycles. The lowest BCUT2D eigenvalue weighted by molar-refractivity contribution is -0.872. The number of phosphoric ester groups is 1. The van der Waals surface area contributed by atoms with Crippen molar-refractivity contribution in [3.63, 3.8) is 0 Å². The number of carbonyl (C=O) groups is 2. The van der Waals surface area contributed by atoms with E-state index in [-0.39, 0.29) is 18.7 Å². The summed E-state index contributed by atoms with van der Waals surface area (Å²) in [5.41, 5.74) is 0. The normalized spacial score (nSPS) is 16.5. The minimum absolute atomic E-state index is 0.189. The first-order chi connectivity index (χ1) is 12.5. The molecule has 0 heterocycles. The highest BCUT2D eigenvalue weighted by atomic mass is 31.2. The van der Waals surface area contributed by atoms with Gasteiger partial charge in [0.25, 0.3) is 0 Å². The Bertz CT molecular complexity index is 480. The first-order valence-electron chi connectivity index (χ1n) is 9.22. The SMILES string of the molecule is C[N+](C)(C)CC(OP(=O)(O)OC[C@H](O)CO)C(=O)CCCCCCCC=O. The van der Waals surface area contributed by atoms with Gasteiger partial charge in [0.15, 0.2) is 11.9 Å². The van der Waals surface area contributed by atoms with E-state index in [1.807, 2.05) is 21.1 Å². The number of hydrogen-bond donors (Lipinski definition) is 3. The van der Waals surface area contributed by atoms with Crippen molar-refractivity contribution in [2.24, 2.45) is 0 Å². The van der Waals surface area contributed by atoms with Gasteiger partial charge in [-0.05, 0) is 12.8 Å². The fourth-order valence-corrected chi connectivity index (χ4v) is 3.26. The van der Waals surface area contributed by atoms with Crippen molar-refractivity contribution in [2.75, 3.05) is 40.9 Å². The Morgan fingerprint density at radius 1 is 1.15 bits per heavy atom. The number of quaternary nitrogens is 1. The standard InChI is InChI=1S/C17H34NO8P/c1-18(2,3)12-17(26-27(23,24)25-14-15(21)13-20)16(22)10-8-6-4-5-7-9-11-19/h11,15,17,20-21H,4-10,12-14H2,1-3H3/p+1/t15-,17?/m1/s1. The third-order valence-corrected chi connectivity index (χ3v) is 4.72. The number of likely N-dealkylation sites (N-methyl/N-ethyl adjacent to an activating group) is 1. The van der Waals surface area contributed by atoms with Crippen LogP contribution in [0.2, 0.25) is 0 Å². The van der Waals surface area contributed by atoms with Gasteiger partial charge in [-0.15, -0.1) is 0 Å². The second-order valence-corrected chi connectivity index (χ2v) is 9.01. The maximum absolute atomic E-state index is 12.5. The lowest BCUT2D eigenvalue weighted by atomic mass is 10.0. The molecule has 0 saturated heterocycles. The predicted molar refractivity (Wildman–Crippen MR) is 100 cm³/mol. The van der Waals surface area contributed by atoms with Crippen LogP contribution in [0.3, 0.4) is 0 Å². The summed E-state index contributed by atoms with van der Waals surface area (Å²) in [5, 5.41) is 17.9. The number of nitrogens with zero attached hydrogens (tertiary/aromatic N) is 1. The average Bonchev–Trinajstić information content (AvgIpc) is 2.56. The first kappa shape index (κ1) is 26.3. The van der Waals surface area contributed by atoms with Crippen molar-refractivity contribution in [3.8, 4) is 0 Å². The summed E-state index contributed by atoms with van der Waals surface area (Å²) in [6.07, 6.45) is 3.41. The second kappa shape index (κ2) is 13.5. The predicted octanol–water partition coefficient (Wildman–Crippen LogP) is 1.05. The molecular formula is C17H35NO8P+. The van der Waals surface area contributed by atoms with Crippen molar-refractivity contribution in [1.29, 1.82) is 0 Å². The number of carbonyl (C=O) groups excluding carboxylic acids is 2. The van der Waals surface area contributed by atoms with E-state index in [2.05, 4.69) is 4.52 Å². The Morgan fingerprint density at radius 3 is 2.30 bits per heavy atom. The smallest absolute Gasteiger partial charge is 0.394 e. The zero-order valence-electron chi connectivity index (χ0n) is 16.6. The zero-order valence-corrected chi connectivity index (χ0v) is 17.5. The van der Waals surface area contributed by atoms with Gasteiger partial charge in [-0.3, -0.25) is 13.8 Å². The zero-order chi connectivity index (χ0) is 20.9. The van der Waals surface area contributed by atoms with E-state index in [4.69, 9.17) is 9.63 Å². The van der Waals surface area contributed by atoms with Crippen LogP contribution in [-0.2, 0) is 23.2 Å². The Kier molecular flexibility index (Phi) is 13.2.